The molecule has 6 nitrogen and oxygen atoms in total. The van der Waals surface area contributed by atoms with Crippen molar-refractivity contribution in [1.29, 1.82) is 0 Å². The third-order valence-electron chi connectivity index (χ3n) is 6.72. The smallest absolute Gasteiger partial charge is 0.258 e. The van der Waals surface area contributed by atoms with Gasteiger partial charge >= 0.3 is 0 Å². The Morgan fingerprint density at radius 2 is 1.83 bits per heavy atom. The van der Waals surface area contributed by atoms with Gasteiger partial charge in [-0.15, -0.1) is 0 Å². The van der Waals surface area contributed by atoms with E-state index in [2.05, 4.69) is 35.7 Å². The number of primary amides is 1. The van der Waals surface area contributed by atoms with Crippen LogP contribution in [0.15, 0.2) is 83.8 Å². The van der Waals surface area contributed by atoms with E-state index in [1.54, 1.807) is 23.8 Å². The van der Waals surface area contributed by atoms with Crippen molar-refractivity contribution in [2.75, 3.05) is 20.2 Å². The normalized spacial score (nSPS) is 13.5. The molecule has 0 saturated carbocycles. The lowest BCUT2D eigenvalue weighted by atomic mass is 9.95. The molecule has 0 radical (unpaired) electrons. The average Bonchev–Trinajstić information content (AvgIpc) is 2.91. The van der Waals surface area contributed by atoms with Crippen LogP contribution in [0.1, 0.15) is 33.5 Å². The maximum Gasteiger partial charge on any atom is 0.258 e. The number of carbonyl (C=O) groups excluding carboxylic acids is 1. The zero-order valence-electron chi connectivity index (χ0n) is 20.3. The molecule has 182 valence electrons. The van der Waals surface area contributed by atoms with Crippen molar-refractivity contribution in [3.8, 4) is 11.1 Å². The number of nitrogens with zero attached hydrogens (tertiary/aromatic N) is 1. The first-order chi connectivity index (χ1) is 17.5. The van der Waals surface area contributed by atoms with Crippen LogP contribution in [0.4, 0.5) is 0 Å². The molecule has 0 fully saturated rings. The Morgan fingerprint density at radius 1 is 1.03 bits per heavy atom. The molecule has 1 aromatic heterocycles. The molecular weight excluding hydrogens is 450 g/mol. The lowest BCUT2D eigenvalue weighted by molar-refractivity contribution is 0.1000. The second-order valence-electron chi connectivity index (χ2n) is 9.10. The van der Waals surface area contributed by atoms with Gasteiger partial charge in [0.05, 0.1) is 13.2 Å². The number of ether oxygens (including phenoxy) is 1. The quantitative estimate of drug-likeness (QED) is 0.413. The number of carbonyl (C=O) groups is 1. The Bertz CT molecular complexity index is 1520. The summed E-state index contributed by atoms with van der Waals surface area (Å²) < 4.78 is 7.08. The van der Waals surface area contributed by atoms with E-state index in [4.69, 9.17) is 10.5 Å². The van der Waals surface area contributed by atoms with Crippen molar-refractivity contribution in [2.24, 2.45) is 5.73 Å². The fraction of sp³-hybridized carbons (Fsp3) is 0.200. The summed E-state index contributed by atoms with van der Waals surface area (Å²) in [5.41, 5.74) is 12.3. The number of benzene rings is 3. The van der Waals surface area contributed by atoms with Crippen LogP contribution in [0.25, 0.3) is 27.5 Å². The van der Waals surface area contributed by atoms with Gasteiger partial charge in [-0.05, 0) is 82.1 Å². The summed E-state index contributed by atoms with van der Waals surface area (Å²) in [7, 11) is 1.63. The molecule has 0 atom stereocenters. The summed E-state index contributed by atoms with van der Waals surface area (Å²) in [5.74, 6) is -0.482. The van der Waals surface area contributed by atoms with Crippen LogP contribution in [-0.2, 0) is 17.9 Å². The second-order valence-corrected chi connectivity index (χ2v) is 9.10. The number of methoxy groups -OCH3 is 1. The Morgan fingerprint density at radius 3 is 2.56 bits per heavy atom. The molecule has 3 N–H and O–H groups in total. The van der Waals surface area contributed by atoms with E-state index in [0.717, 1.165) is 47.2 Å². The molecule has 1 aliphatic heterocycles. The summed E-state index contributed by atoms with van der Waals surface area (Å²) in [6.45, 7) is 2.83. The van der Waals surface area contributed by atoms with Gasteiger partial charge in [-0.25, -0.2) is 0 Å². The topological polar surface area (TPSA) is 86.3 Å². The highest BCUT2D eigenvalue weighted by Gasteiger charge is 2.12. The summed E-state index contributed by atoms with van der Waals surface area (Å²) in [4.78, 5) is 25.0. The number of nitrogens with one attached hydrogen (secondary N) is 1. The number of hydrogen-bond acceptors (Lipinski definition) is 4. The summed E-state index contributed by atoms with van der Waals surface area (Å²) in [6, 6.07) is 21.5. The van der Waals surface area contributed by atoms with E-state index in [-0.39, 0.29) is 5.56 Å². The molecule has 6 heteroatoms. The van der Waals surface area contributed by atoms with Crippen LogP contribution >= 0.6 is 0 Å². The van der Waals surface area contributed by atoms with Gasteiger partial charge in [-0.2, -0.15) is 0 Å². The molecule has 1 amide bonds. The minimum absolute atomic E-state index is 0.0350. The van der Waals surface area contributed by atoms with Crippen LogP contribution in [-0.4, -0.2) is 30.7 Å². The van der Waals surface area contributed by atoms with E-state index in [9.17, 15) is 9.59 Å². The highest BCUT2D eigenvalue weighted by Crippen LogP contribution is 2.28. The Kier molecular flexibility index (Phi) is 6.80. The molecule has 0 spiro atoms. The highest BCUT2D eigenvalue weighted by atomic mass is 16.5. The van der Waals surface area contributed by atoms with Gasteiger partial charge in [-0.3, -0.25) is 9.59 Å². The minimum Gasteiger partial charge on any atom is -0.380 e. The first-order valence-corrected chi connectivity index (χ1v) is 12.1. The van der Waals surface area contributed by atoms with Crippen molar-refractivity contribution < 1.29 is 9.53 Å². The first kappa shape index (κ1) is 23.7. The van der Waals surface area contributed by atoms with E-state index in [0.29, 0.717) is 24.1 Å². The van der Waals surface area contributed by atoms with Crippen molar-refractivity contribution >= 4 is 22.3 Å². The molecule has 2 heterocycles. The van der Waals surface area contributed by atoms with Crippen molar-refractivity contribution in [3.05, 3.63) is 112 Å². The standard InChI is InChI=1S/C30H29N3O3/c1-36-19-26-7-6-25(29(31)34)17-28(26)23-8-9-27-24(16-23)12-15-33(30(27)35)18-20-2-4-21(5-3-20)22-10-13-32-14-11-22/h2-10,12,15-17,32H,11,13-14,18-19H2,1H3,(H2,31,34). The van der Waals surface area contributed by atoms with Gasteiger partial charge in [0, 0.05) is 30.8 Å². The number of rotatable bonds is 7. The molecule has 0 saturated heterocycles. The lowest BCUT2D eigenvalue weighted by Crippen LogP contribution is -2.20. The van der Waals surface area contributed by atoms with Crippen molar-refractivity contribution in [1.82, 2.24) is 9.88 Å². The third-order valence-corrected chi connectivity index (χ3v) is 6.72. The van der Waals surface area contributed by atoms with Crippen LogP contribution < -0.4 is 16.6 Å². The summed E-state index contributed by atoms with van der Waals surface area (Å²) >= 11 is 0. The average molecular weight is 480 g/mol. The van der Waals surface area contributed by atoms with E-state index >= 15 is 0 Å². The molecule has 4 aromatic rings. The molecular formula is C30H29N3O3. The monoisotopic (exact) mass is 479 g/mol. The molecule has 0 bridgehead atoms. The van der Waals surface area contributed by atoms with Gasteiger partial charge in [0.2, 0.25) is 5.91 Å². The number of amides is 1. The SMILES string of the molecule is COCc1ccc(C(N)=O)cc1-c1ccc2c(=O)n(Cc3ccc(C4=CCNCC4)cc3)ccc2c1. The number of nitrogens with two attached hydrogens (primary N) is 1. The summed E-state index contributed by atoms with van der Waals surface area (Å²) in [5, 5.41) is 4.83. The number of fused-ring (bicyclic) bond motifs is 1. The number of pyridine rings is 1. The first-order valence-electron chi connectivity index (χ1n) is 12.1. The number of hydrogen-bond donors (Lipinski definition) is 2. The zero-order valence-corrected chi connectivity index (χ0v) is 20.3. The second kappa shape index (κ2) is 10.3. The lowest BCUT2D eigenvalue weighted by Gasteiger charge is -2.15. The highest BCUT2D eigenvalue weighted by molar-refractivity contribution is 5.95. The van der Waals surface area contributed by atoms with Gasteiger partial charge < -0.3 is 20.4 Å². The van der Waals surface area contributed by atoms with Crippen LogP contribution in [0.5, 0.6) is 0 Å². The summed E-state index contributed by atoms with van der Waals surface area (Å²) in [6.07, 6.45) is 5.11. The van der Waals surface area contributed by atoms with Gasteiger partial charge in [-0.1, -0.05) is 42.5 Å². The molecule has 0 aliphatic carbocycles. The molecule has 3 aromatic carbocycles. The van der Waals surface area contributed by atoms with Gasteiger partial charge in [0.1, 0.15) is 0 Å². The van der Waals surface area contributed by atoms with E-state index in [1.165, 1.54) is 11.1 Å². The van der Waals surface area contributed by atoms with Gasteiger partial charge in [0.25, 0.3) is 5.56 Å². The Labute approximate surface area is 210 Å². The largest absolute Gasteiger partial charge is 0.380 e. The number of aromatic nitrogens is 1. The Balaban J connectivity index is 1.44. The Hall–Kier alpha value is -4.00. The fourth-order valence-corrected chi connectivity index (χ4v) is 4.77. The van der Waals surface area contributed by atoms with Crippen molar-refractivity contribution in [2.45, 2.75) is 19.6 Å². The molecule has 5 rings (SSSR count). The predicted molar refractivity (Wildman–Crippen MR) is 144 cm³/mol. The van der Waals surface area contributed by atoms with Crippen LogP contribution in [0.2, 0.25) is 0 Å². The predicted octanol–water partition coefficient (Wildman–Crippen LogP) is 4.34. The van der Waals surface area contributed by atoms with Crippen LogP contribution in [0, 0.1) is 0 Å². The minimum atomic E-state index is -0.482. The zero-order chi connectivity index (χ0) is 25.1. The van der Waals surface area contributed by atoms with Crippen LogP contribution in [0.3, 0.4) is 0 Å². The fourth-order valence-electron chi connectivity index (χ4n) is 4.77. The van der Waals surface area contributed by atoms with Crippen molar-refractivity contribution in [3.63, 3.8) is 0 Å². The molecule has 0 unspecified atom stereocenters. The van der Waals surface area contributed by atoms with Gasteiger partial charge in [0.15, 0.2) is 0 Å². The maximum absolute atomic E-state index is 13.3. The molecule has 1 aliphatic rings. The third kappa shape index (κ3) is 4.87. The molecule has 36 heavy (non-hydrogen) atoms. The van der Waals surface area contributed by atoms with E-state index < -0.39 is 5.91 Å². The maximum atomic E-state index is 13.3. The van der Waals surface area contributed by atoms with E-state index in [1.807, 2.05) is 36.5 Å².